The van der Waals surface area contributed by atoms with Gasteiger partial charge in [-0.2, -0.15) is 5.26 Å². The van der Waals surface area contributed by atoms with Crippen LogP contribution >= 0.6 is 0 Å². The van der Waals surface area contributed by atoms with E-state index >= 15 is 0 Å². The van der Waals surface area contributed by atoms with Crippen LogP contribution in [-0.2, 0) is 11.8 Å². The molecule has 36 heavy (non-hydrogen) atoms. The summed E-state index contributed by atoms with van der Waals surface area (Å²) in [4.78, 5) is 28.8. The van der Waals surface area contributed by atoms with E-state index in [9.17, 15) is 10.1 Å². The number of allylic oxidation sites excluding steroid dienone is 2. The molecular formula is C29H30N6O. The first kappa shape index (κ1) is 23.8. The number of pyridine rings is 1. The Morgan fingerprint density at radius 3 is 2.64 bits per heavy atom. The van der Waals surface area contributed by atoms with Crippen molar-refractivity contribution in [2.45, 2.75) is 58.9 Å². The summed E-state index contributed by atoms with van der Waals surface area (Å²) in [7, 11) is 2.03. The lowest BCUT2D eigenvalue weighted by Crippen LogP contribution is -2.39. The molecule has 1 unspecified atom stereocenters. The molecule has 2 atom stereocenters. The van der Waals surface area contributed by atoms with Crippen molar-refractivity contribution >= 4 is 22.5 Å². The summed E-state index contributed by atoms with van der Waals surface area (Å²) in [5, 5.41) is 10.5. The molecule has 0 spiro atoms. The van der Waals surface area contributed by atoms with Gasteiger partial charge >= 0.3 is 0 Å². The Morgan fingerprint density at radius 2 is 1.97 bits per heavy atom. The molecular weight excluding hydrogens is 448 g/mol. The summed E-state index contributed by atoms with van der Waals surface area (Å²) >= 11 is 0. The fraction of sp³-hybridized carbons (Fsp3) is 0.414. The van der Waals surface area contributed by atoms with Crippen molar-refractivity contribution in [2.75, 3.05) is 6.54 Å². The van der Waals surface area contributed by atoms with Crippen molar-refractivity contribution in [1.29, 1.82) is 5.26 Å². The van der Waals surface area contributed by atoms with Gasteiger partial charge in [0.05, 0.1) is 17.5 Å². The third kappa shape index (κ3) is 3.76. The van der Waals surface area contributed by atoms with Gasteiger partial charge in [0, 0.05) is 41.7 Å². The maximum atomic E-state index is 13.2. The highest BCUT2D eigenvalue weighted by atomic mass is 16.2. The molecule has 0 radical (unpaired) electrons. The monoisotopic (exact) mass is 478 g/mol. The second kappa shape index (κ2) is 9.24. The van der Waals surface area contributed by atoms with Crippen LogP contribution in [-0.4, -0.2) is 42.9 Å². The average Bonchev–Trinajstić information content (AvgIpc) is 3.47. The van der Waals surface area contributed by atoms with Gasteiger partial charge in [-0.25, -0.2) is 15.0 Å². The van der Waals surface area contributed by atoms with Crippen LogP contribution in [0.2, 0.25) is 0 Å². The van der Waals surface area contributed by atoms with Gasteiger partial charge in [0.25, 0.3) is 0 Å². The Hall–Kier alpha value is -3.97. The van der Waals surface area contributed by atoms with Gasteiger partial charge in [0.1, 0.15) is 23.7 Å². The maximum absolute atomic E-state index is 13.2. The van der Waals surface area contributed by atoms with Crippen LogP contribution < -0.4 is 0 Å². The highest BCUT2D eigenvalue weighted by Gasteiger charge is 2.35. The molecule has 0 bridgehead atoms. The molecule has 2 aliphatic rings. The number of hydrogen-bond acceptors (Lipinski definition) is 5. The molecule has 4 heterocycles. The molecule has 1 aliphatic heterocycles. The first-order valence-corrected chi connectivity index (χ1v) is 12.5. The number of carbonyl (C=O) groups excluding carboxylic acids is 1. The first-order valence-electron chi connectivity index (χ1n) is 12.5. The number of fused-ring (bicyclic) bond motifs is 1. The van der Waals surface area contributed by atoms with Gasteiger partial charge in [-0.15, -0.1) is 6.42 Å². The van der Waals surface area contributed by atoms with Gasteiger partial charge < -0.3 is 9.47 Å². The van der Waals surface area contributed by atoms with Gasteiger partial charge in [-0.3, -0.25) is 4.79 Å². The number of rotatable bonds is 3. The fourth-order valence-electron chi connectivity index (χ4n) is 5.95. The van der Waals surface area contributed by atoms with Gasteiger partial charge in [-0.05, 0) is 70.1 Å². The van der Waals surface area contributed by atoms with Gasteiger partial charge in [-0.1, -0.05) is 12.0 Å². The topological polar surface area (TPSA) is 87.7 Å². The second-order valence-electron chi connectivity index (χ2n) is 9.89. The maximum Gasteiger partial charge on any atom is 0.227 e. The van der Waals surface area contributed by atoms with Crippen LogP contribution in [0.5, 0.6) is 0 Å². The largest absolute Gasteiger partial charge is 0.328 e. The number of aromatic nitrogens is 4. The minimum absolute atomic E-state index is 0.0847. The van der Waals surface area contributed by atoms with E-state index < -0.39 is 0 Å². The molecule has 0 aromatic carbocycles. The van der Waals surface area contributed by atoms with E-state index in [0.717, 1.165) is 70.5 Å². The summed E-state index contributed by atoms with van der Waals surface area (Å²) < 4.78 is 2.13. The molecule has 7 nitrogen and oxygen atoms in total. The Balaban J connectivity index is 1.61. The normalized spacial score (nSPS) is 19.7. The van der Waals surface area contributed by atoms with Crippen molar-refractivity contribution in [3.63, 3.8) is 0 Å². The predicted molar refractivity (Wildman–Crippen MR) is 140 cm³/mol. The minimum Gasteiger partial charge on any atom is -0.328 e. The molecule has 1 saturated heterocycles. The molecule has 1 fully saturated rings. The Bertz CT molecular complexity index is 1480. The molecule has 182 valence electrons. The van der Waals surface area contributed by atoms with Crippen LogP contribution in [0.3, 0.4) is 0 Å². The molecule has 1 aliphatic carbocycles. The van der Waals surface area contributed by atoms with Crippen molar-refractivity contribution in [1.82, 2.24) is 24.4 Å². The van der Waals surface area contributed by atoms with Crippen LogP contribution in [0, 0.1) is 50.4 Å². The average molecular weight is 479 g/mol. The van der Waals surface area contributed by atoms with E-state index in [0.29, 0.717) is 18.7 Å². The summed E-state index contributed by atoms with van der Waals surface area (Å²) in [6, 6.07) is 3.97. The van der Waals surface area contributed by atoms with E-state index in [2.05, 4.69) is 44.5 Å². The van der Waals surface area contributed by atoms with Crippen molar-refractivity contribution < 1.29 is 4.79 Å². The van der Waals surface area contributed by atoms with E-state index in [1.54, 1.807) is 11.2 Å². The third-order valence-electron chi connectivity index (χ3n) is 7.71. The number of nitrogens with zero attached hydrogens (tertiary/aromatic N) is 6. The van der Waals surface area contributed by atoms with Gasteiger partial charge in [0.2, 0.25) is 5.91 Å². The lowest BCUT2D eigenvalue weighted by Gasteiger charge is -2.28. The number of nitriles is 1. The Morgan fingerprint density at radius 1 is 1.17 bits per heavy atom. The molecule has 0 saturated carbocycles. The number of terminal acetylenes is 1. The van der Waals surface area contributed by atoms with Crippen LogP contribution in [0.15, 0.2) is 18.5 Å². The predicted octanol–water partition coefficient (Wildman–Crippen LogP) is 4.63. The number of carbonyl (C=O) groups is 1. The SMILES string of the molecule is C#Cc1cc(C)c(-c2c(C3=CCC(C(=O)N4CCC[C@H]4C#N)CC3)c3c(C)ncnc3n2C)c(C)n1. The van der Waals surface area contributed by atoms with E-state index in [-0.39, 0.29) is 17.9 Å². The minimum atomic E-state index is -0.281. The Kier molecular flexibility index (Phi) is 6.10. The van der Waals surface area contributed by atoms with E-state index in [1.807, 2.05) is 27.0 Å². The zero-order chi connectivity index (χ0) is 25.6. The third-order valence-corrected chi connectivity index (χ3v) is 7.71. The number of aryl methyl sites for hydroxylation is 4. The van der Waals surface area contributed by atoms with Gasteiger partial charge in [0.15, 0.2) is 0 Å². The summed E-state index contributed by atoms with van der Waals surface area (Å²) in [6.07, 6.45) is 13.3. The molecule has 0 N–H and O–H groups in total. The molecule has 3 aromatic rings. The van der Waals surface area contributed by atoms with E-state index in [4.69, 9.17) is 6.42 Å². The summed E-state index contributed by atoms with van der Waals surface area (Å²) in [5.41, 5.74) is 8.80. The number of likely N-dealkylation sites (tertiary alicyclic amines) is 1. The zero-order valence-electron chi connectivity index (χ0n) is 21.3. The lowest BCUT2D eigenvalue weighted by atomic mass is 9.83. The molecule has 5 rings (SSSR count). The standard InChI is InChI=1S/C29H30N6O/c1-6-22-14-17(2)24(19(4)33-22)27-26(25-18(3)31-16-32-28(25)34(27)5)20-9-11-21(12-10-20)29(36)35-13-7-8-23(35)15-30/h1,9,14,16,21,23H,7-8,10-13H2,2-5H3/t21?,23-/m0/s1. The highest BCUT2D eigenvalue weighted by molar-refractivity contribution is 6.01. The second-order valence-corrected chi connectivity index (χ2v) is 9.89. The van der Waals surface area contributed by atoms with Crippen LogP contribution in [0.4, 0.5) is 0 Å². The Labute approximate surface area is 211 Å². The van der Waals surface area contributed by atoms with Crippen LogP contribution in [0.1, 0.15) is 60.3 Å². The summed E-state index contributed by atoms with van der Waals surface area (Å²) in [5.74, 6) is 2.69. The van der Waals surface area contributed by atoms with Crippen LogP contribution in [0.25, 0.3) is 27.9 Å². The van der Waals surface area contributed by atoms with Crippen molar-refractivity contribution in [3.05, 3.63) is 46.7 Å². The van der Waals surface area contributed by atoms with Crippen molar-refractivity contribution in [3.8, 4) is 29.7 Å². The number of amides is 1. The lowest BCUT2D eigenvalue weighted by molar-refractivity contribution is -0.135. The smallest absolute Gasteiger partial charge is 0.227 e. The van der Waals surface area contributed by atoms with E-state index in [1.165, 1.54) is 5.57 Å². The first-order chi connectivity index (χ1) is 17.3. The molecule has 7 heteroatoms. The summed E-state index contributed by atoms with van der Waals surface area (Å²) in [6.45, 7) is 6.76. The zero-order valence-corrected chi connectivity index (χ0v) is 21.3. The van der Waals surface area contributed by atoms with Crippen molar-refractivity contribution in [2.24, 2.45) is 13.0 Å². The fourth-order valence-corrected chi connectivity index (χ4v) is 5.95. The number of hydrogen-bond donors (Lipinski definition) is 0. The highest BCUT2D eigenvalue weighted by Crippen LogP contribution is 2.44. The molecule has 1 amide bonds. The quantitative estimate of drug-likeness (QED) is 0.512. The molecule has 3 aromatic heterocycles.